The number of aliphatic hydroxyl groups is 1. The lowest BCUT2D eigenvalue weighted by Crippen LogP contribution is -2.46. The summed E-state index contributed by atoms with van der Waals surface area (Å²) in [6.45, 7) is 6.70. The summed E-state index contributed by atoms with van der Waals surface area (Å²) in [7, 11) is 0. The van der Waals surface area contributed by atoms with Crippen molar-refractivity contribution in [2.45, 2.75) is 6.54 Å². The molecule has 6 heteroatoms. The SMILES string of the molecule is OCCOCCN1CCN(Cc2ccc(F)cc2Cl)CC1. The quantitative estimate of drug-likeness (QED) is 0.775. The molecule has 2 rings (SSSR count). The number of benzene rings is 1. The van der Waals surface area contributed by atoms with Gasteiger partial charge in [-0.1, -0.05) is 17.7 Å². The lowest BCUT2D eigenvalue weighted by molar-refractivity contribution is 0.0564. The summed E-state index contributed by atoms with van der Waals surface area (Å²) >= 11 is 6.06. The molecule has 0 atom stereocenters. The highest BCUT2D eigenvalue weighted by molar-refractivity contribution is 6.31. The minimum absolute atomic E-state index is 0.0756. The van der Waals surface area contributed by atoms with Gasteiger partial charge in [-0.3, -0.25) is 9.80 Å². The third-order valence-electron chi connectivity index (χ3n) is 3.66. The fourth-order valence-electron chi connectivity index (χ4n) is 2.42. The Balaban J connectivity index is 1.71. The molecule has 1 aliphatic rings. The number of piperazine rings is 1. The molecule has 0 spiro atoms. The summed E-state index contributed by atoms with van der Waals surface area (Å²) in [4.78, 5) is 4.67. The van der Waals surface area contributed by atoms with Crippen LogP contribution in [0.5, 0.6) is 0 Å². The molecule has 1 fully saturated rings. The number of hydrogen-bond acceptors (Lipinski definition) is 4. The summed E-state index contributed by atoms with van der Waals surface area (Å²) in [6.07, 6.45) is 0. The Labute approximate surface area is 130 Å². The highest BCUT2D eigenvalue weighted by atomic mass is 35.5. The van der Waals surface area contributed by atoms with Crippen molar-refractivity contribution in [3.8, 4) is 0 Å². The Hall–Kier alpha value is -0.720. The van der Waals surface area contributed by atoms with Gasteiger partial charge >= 0.3 is 0 Å². The smallest absolute Gasteiger partial charge is 0.124 e. The van der Waals surface area contributed by atoms with E-state index in [0.717, 1.165) is 44.8 Å². The summed E-state index contributed by atoms with van der Waals surface area (Å²) in [5.41, 5.74) is 0.970. The van der Waals surface area contributed by atoms with Crippen LogP contribution in [0.4, 0.5) is 4.39 Å². The molecular weight excluding hydrogens is 295 g/mol. The predicted molar refractivity (Wildman–Crippen MR) is 81.0 cm³/mol. The fraction of sp³-hybridized carbons (Fsp3) is 0.600. The molecule has 0 aliphatic carbocycles. The maximum atomic E-state index is 13.0. The van der Waals surface area contributed by atoms with E-state index in [1.807, 2.05) is 0 Å². The molecule has 1 aromatic rings. The van der Waals surface area contributed by atoms with Crippen LogP contribution >= 0.6 is 11.6 Å². The first kappa shape index (κ1) is 16.6. The summed E-state index contributed by atoms with van der Waals surface area (Å²) in [6, 6.07) is 4.58. The van der Waals surface area contributed by atoms with Crippen LogP contribution in [0, 0.1) is 5.82 Å². The van der Waals surface area contributed by atoms with E-state index in [1.54, 1.807) is 6.07 Å². The number of ether oxygens (including phenoxy) is 1. The molecule has 1 saturated heterocycles. The number of halogens is 2. The number of rotatable bonds is 7. The molecule has 0 radical (unpaired) electrons. The highest BCUT2D eigenvalue weighted by Gasteiger charge is 2.17. The molecule has 1 heterocycles. The zero-order valence-electron chi connectivity index (χ0n) is 12.1. The second-order valence-corrected chi connectivity index (χ2v) is 5.60. The first-order valence-electron chi connectivity index (χ1n) is 7.26. The molecular formula is C15H22ClFN2O2. The highest BCUT2D eigenvalue weighted by Crippen LogP contribution is 2.19. The number of nitrogens with zero attached hydrogens (tertiary/aromatic N) is 2. The van der Waals surface area contributed by atoms with Gasteiger partial charge in [-0.25, -0.2) is 4.39 Å². The number of aliphatic hydroxyl groups excluding tert-OH is 1. The van der Waals surface area contributed by atoms with Crippen molar-refractivity contribution in [1.29, 1.82) is 0 Å². The van der Waals surface area contributed by atoms with Gasteiger partial charge in [0, 0.05) is 44.3 Å². The van der Waals surface area contributed by atoms with Gasteiger partial charge in [0.05, 0.1) is 19.8 Å². The Bertz CT molecular complexity index is 440. The third-order valence-corrected chi connectivity index (χ3v) is 4.01. The molecule has 4 nitrogen and oxygen atoms in total. The summed E-state index contributed by atoms with van der Waals surface area (Å²) < 4.78 is 18.3. The molecule has 118 valence electrons. The normalized spacial score (nSPS) is 17.3. The monoisotopic (exact) mass is 316 g/mol. The van der Waals surface area contributed by atoms with Crippen molar-refractivity contribution in [3.63, 3.8) is 0 Å². The van der Waals surface area contributed by atoms with Gasteiger partial charge in [-0.2, -0.15) is 0 Å². The molecule has 0 bridgehead atoms. The second-order valence-electron chi connectivity index (χ2n) is 5.19. The molecule has 0 saturated carbocycles. The largest absolute Gasteiger partial charge is 0.394 e. The van der Waals surface area contributed by atoms with Gasteiger partial charge in [-0.15, -0.1) is 0 Å². The lowest BCUT2D eigenvalue weighted by atomic mass is 10.2. The van der Waals surface area contributed by atoms with E-state index in [4.69, 9.17) is 21.4 Å². The zero-order valence-corrected chi connectivity index (χ0v) is 12.9. The van der Waals surface area contributed by atoms with Crippen LogP contribution in [0.3, 0.4) is 0 Å². The lowest BCUT2D eigenvalue weighted by Gasteiger charge is -2.34. The molecule has 0 unspecified atom stereocenters. The maximum absolute atomic E-state index is 13.0. The van der Waals surface area contributed by atoms with Crippen LogP contribution in [0.15, 0.2) is 18.2 Å². The van der Waals surface area contributed by atoms with E-state index < -0.39 is 0 Å². The minimum atomic E-state index is -0.295. The van der Waals surface area contributed by atoms with Crippen LogP contribution in [0.25, 0.3) is 0 Å². The van der Waals surface area contributed by atoms with E-state index in [0.29, 0.717) is 18.2 Å². The average molecular weight is 317 g/mol. The molecule has 0 amide bonds. The minimum Gasteiger partial charge on any atom is -0.394 e. The van der Waals surface area contributed by atoms with Crippen molar-refractivity contribution in [2.24, 2.45) is 0 Å². The van der Waals surface area contributed by atoms with Gasteiger partial charge in [0.1, 0.15) is 5.82 Å². The van der Waals surface area contributed by atoms with E-state index in [9.17, 15) is 4.39 Å². The standard InChI is InChI=1S/C15H22ClFN2O2/c16-15-11-14(17)2-1-13(15)12-19-5-3-18(4-6-19)7-9-21-10-8-20/h1-2,11,20H,3-10,12H2. The van der Waals surface area contributed by atoms with Crippen LogP contribution in [0.1, 0.15) is 5.56 Å². The predicted octanol–water partition coefficient (Wildman–Crippen LogP) is 1.61. The van der Waals surface area contributed by atoms with Crippen LogP contribution in [-0.4, -0.2) is 67.5 Å². The van der Waals surface area contributed by atoms with Crippen molar-refractivity contribution < 1.29 is 14.2 Å². The third kappa shape index (κ3) is 5.52. The summed E-state index contributed by atoms with van der Waals surface area (Å²) in [5.74, 6) is -0.295. The molecule has 1 N–H and O–H groups in total. The van der Waals surface area contributed by atoms with Gasteiger partial charge in [0.2, 0.25) is 0 Å². The van der Waals surface area contributed by atoms with Gasteiger partial charge in [0.15, 0.2) is 0 Å². The first-order valence-corrected chi connectivity index (χ1v) is 7.64. The van der Waals surface area contributed by atoms with Gasteiger partial charge in [0.25, 0.3) is 0 Å². The topological polar surface area (TPSA) is 35.9 Å². The Morgan fingerprint density at radius 1 is 1.14 bits per heavy atom. The van der Waals surface area contributed by atoms with Crippen molar-refractivity contribution in [2.75, 3.05) is 52.5 Å². The molecule has 0 aromatic heterocycles. The Morgan fingerprint density at radius 3 is 2.52 bits per heavy atom. The van der Waals surface area contributed by atoms with Crippen molar-refractivity contribution in [1.82, 2.24) is 9.80 Å². The van der Waals surface area contributed by atoms with Crippen LogP contribution in [0.2, 0.25) is 5.02 Å². The van der Waals surface area contributed by atoms with Gasteiger partial charge in [-0.05, 0) is 17.7 Å². The van der Waals surface area contributed by atoms with E-state index in [2.05, 4.69) is 9.80 Å². The zero-order chi connectivity index (χ0) is 15.1. The van der Waals surface area contributed by atoms with E-state index in [1.165, 1.54) is 12.1 Å². The summed E-state index contributed by atoms with van der Waals surface area (Å²) in [5, 5.41) is 9.13. The first-order chi connectivity index (χ1) is 10.2. The Kier molecular flexibility index (Phi) is 6.86. The van der Waals surface area contributed by atoms with Crippen LogP contribution < -0.4 is 0 Å². The van der Waals surface area contributed by atoms with E-state index >= 15 is 0 Å². The van der Waals surface area contributed by atoms with Crippen molar-refractivity contribution in [3.05, 3.63) is 34.6 Å². The average Bonchev–Trinajstić information content (AvgIpc) is 2.48. The van der Waals surface area contributed by atoms with E-state index in [-0.39, 0.29) is 12.4 Å². The molecule has 1 aromatic carbocycles. The number of hydrogen-bond donors (Lipinski definition) is 1. The molecule has 1 aliphatic heterocycles. The fourth-order valence-corrected chi connectivity index (χ4v) is 2.65. The molecule has 21 heavy (non-hydrogen) atoms. The van der Waals surface area contributed by atoms with Crippen molar-refractivity contribution >= 4 is 11.6 Å². The maximum Gasteiger partial charge on any atom is 0.124 e. The Morgan fingerprint density at radius 2 is 1.86 bits per heavy atom. The van der Waals surface area contributed by atoms with Crippen LogP contribution in [-0.2, 0) is 11.3 Å². The van der Waals surface area contributed by atoms with Gasteiger partial charge < -0.3 is 9.84 Å². The second kappa shape index (κ2) is 8.66.